The average molecular weight is 398 g/mol. The van der Waals surface area contributed by atoms with Gasteiger partial charge in [0.2, 0.25) is 5.91 Å². The predicted octanol–water partition coefficient (Wildman–Crippen LogP) is 2.76. The number of benzene rings is 2. The lowest BCUT2D eigenvalue weighted by molar-refractivity contribution is -0.136. The first-order valence-electron chi connectivity index (χ1n) is 9.33. The van der Waals surface area contributed by atoms with Crippen molar-refractivity contribution in [2.24, 2.45) is 0 Å². The Kier molecular flexibility index (Phi) is 4.71. The van der Waals surface area contributed by atoms with Crippen LogP contribution in [0.2, 0.25) is 0 Å². The third kappa shape index (κ3) is 3.54. The van der Waals surface area contributed by atoms with Crippen LogP contribution in [-0.2, 0) is 21.1 Å². The van der Waals surface area contributed by atoms with Gasteiger partial charge >= 0.3 is 0 Å². The third-order valence-electron chi connectivity index (χ3n) is 5.33. The van der Waals surface area contributed by atoms with Gasteiger partial charge in [0.25, 0.3) is 0 Å². The summed E-state index contributed by atoms with van der Waals surface area (Å²) in [5.74, 6) is 1.11. The Labute approximate surface area is 164 Å². The Balaban J connectivity index is 1.34. The zero-order valence-corrected chi connectivity index (χ0v) is 16.8. The predicted molar refractivity (Wildman–Crippen MR) is 108 cm³/mol. The van der Waals surface area contributed by atoms with Crippen molar-refractivity contribution in [3.63, 3.8) is 0 Å². The zero-order valence-electron chi connectivity index (χ0n) is 16.0. The van der Waals surface area contributed by atoms with Gasteiger partial charge in [-0.1, -0.05) is 24.3 Å². The van der Waals surface area contributed by atoms with Crippen molar-refractivity contribution in [2.75, 3.05) is 19.3 Å². The van der Waals surface area contributed by atoms with E-state index in [-0.39, 0.29) is 11.9 Å². The summed E-state index contributed by atoms with van der Waals surface area (Å²) in [6.45, 7) is 3.41. The first-order chi connectivity index (χ1) is 13.3. The second kappa shape index (κ2) is 7.05. The molecule has 0 atom stereocenters. The summed E-state index contributed by atoms with van der Waals surface area (Å²) in [6, 6.07) is 15.1. The molecule has 1 aliphatic rings. The highest BCUT2D eigenvalue weighted by Gasteiger charge is 2.33. The maximum atomic E-state index is 12.5. The van der Waals surface area contributed by atoms with E-state index in [4.69, 9.17) is 0 Å². The molecule has 0 spiro atoms. The normalized spacial score (nSPS) is 15.0. The third-order valence-corrected chi connectivity index (χ3v) is 6.46. The maximum absolute atomic E-state index is 12.5. The number of aromatic nitrogens is 2. The van der Waals surface area contributed by atoms with E-state index < -0.39 is 9.84 Å². The van der Waals surface area contributed by atoms with Crippen molar-refractivity contribution in [3.8, 4) is 0 Å². The standard InChI is InChI=1S/C21H23N3O3S/c1-15-22-19-5-3-4-6-20(19)24(15)17-13-23(14-17)21(25)12-9-16-7-10-18(11-8-16)28(2,26)27/h3-8,10-11,17H,9,12-14H2,1-2H3. The number of amides is 1. The van der Waals surface area contributed by atoms with Gasteiger partial charge in [-0.2, -0.15) is 0 Å². The monoisotopic (exact) mass is 397 g/mol. The number of fused-ring (bicyclic) bond motifs is 1. The van der Waals surface area contributed by atoms with E-state index in [1.165, 1.54) is 6.26 Å². The Morgan fingerprint density at radius 3 is 2.46 bits per heavy atom. The van der Waals surface area contributed by atoms with Crippen molar-refractivity contribution >= 4 is 26.8 Å². The van der Waals surface area contributed by atoms with Crippen LogP contribution in [0.1, 0.15) is 23.9 Å². The van der Waals surface area contributed by atoms with Gasteiger partial charge in [-0.25, -0.2) is 13.4 Å². The number of sulfone groups is 1. The molecule has 146 valence electrons. The number of imidazole rings is 1. The van der Waals surface area contributed by atoms with E-state index >= 15 is 0 Å². The van der Waals surface area contributed by atoms with Gasteiger partial charge < -0.3 is 9.47 Å². The van der Waals surface area contributed by atoms with Crippen LogP contribution in [0.5, 0.6) is 0 Å². The smallest absolute Gasteiger partial charge is 0.223 e. The molecule has 1 aliphatic heterocycles. The molecule has 0 N–H and O–H groups in total. The first-order valence-corrected chi connectivity index (χ1v) is 11.2. The molecule has 4 rings (SSSR count). The van der Waals surface area contributed by atoms with E-state index in [1.54, 1.807) is 24.3 Å². The molecule has 28 heavy (non-hydrogen) atoms. The van der Waals surface area contributed by atoms with Gasteiger partial charge in [-0.05, 0) is 43.2 Å². The molecule has 1 fully saturated rings. The Morgan fingerprint density at radius 2 is 1.79 bits per heavy atom. The molecule has 7 heteroatoms. The molecule has 1 saturated heterocycles. The fraction of sp³-hybridized carbons (Fsp3) is 0.333. The molecule has 1 amide bonds. The minimum atomic E-state index is -3.19. The summed E-state index contributed by atoms with van der Waals surface area (Å²) in [5, 5.41) is 0. The highest BCUT2D eigenvalue weighted by atomic mass is 32.2. The lowest BCUT2D eigenvalue weighted by Gasteiger charge is -2.40. The largest absolute Gasteiger partial charge is 0.338 e. The summed E-state index contributed by atoms with van der Waals surface area (Å²) in [6.07, 6.45) is 2.22. The van der Waals surface area contributed by atoms with E-state index in [0.717, 1.165) is 22.4 Å². The van der Waals surface area contributed by atoms with E-state index in [2.05, 4.69) is 15.6 Å². The lowest BCUT2D eigenvalue weighted by atomic mass is 10.0. The molecule has 3 aromatic rings. The number of likely N-dealkylation sites (tertiary alicyclic amines) is 1. The number of hydrogen-bond donors (Lipinski definition) is 0. The molecule has 0 unspecified atom stereocenters. The molecular formula is C21H23N3O3S. The van der Waals surface area contributed by atoms with Gasteiger partial charge in [0, 0.05) is 25.8 Å². The molecule has 0 radical (unpaired) electrons. The number of nitrogens with zero attached hydrogens (tertiary/aromatic N) is 3. The second-order valence-corrected chi connectivity index (χ2v) is 9.40. The zero-order chi connectivity index (χ0) is 19.9. The number of aryl methyl sites for hydroxylation is 2. The van der Waals surface area contributed by atoms with E-state index in [0.29, 0.717) is 30.8 Å². The van der Waals surface area contributed by atoms with Gasteiger partial charge in [0.05, 0.1) is 22.0 Å². The van der Waals surface area contributed by atoms with Crippen LogP contribution >= 0.6 is 0 Å². The molecule has 2 aromatic carbocycles. The highest BCUT2D eigenvalue weighted by molar-refractivity contribution is 7.90. The molecule has 0 saturated carbocycles. The number of rotatable bonds is 5. The van der Waals surface area contributed by atoms with Crippen LogP contribution < -0.4 is 0 Å². The van der Waals surface area contributed by atoms with Gasteiger partial charge in [0.1, 0.15) is 5.82 Å². The van der Waals surface area contributed by atoms with Crippen molar-refractivity contribution in [2.45, 2.75) is 30.7 Å². The highest BCUT2D eigenvalue weighted by Crippen LogP contribution is 2.28. The summed E-state index contributed by atoms with van der Waals surface area (Å²) >= 11 is 0. The molecule has 2 heterocycles. The molecule has 0 aliphatic carbocycles. The average Bonchev–Trinajstić information content (AvgIpc) is 2.94. The SMILES string of the molecule is Cc1nc2ccccc2n1C1CN(C(=O)CCc2ccc(S(C)(=O)=O)cc2)C1. The first kappa shape index (κ1) is 18.7. The topological polar surface area (TPSA) is 72.3 Å². The molecule has 6 nitrogen and oxygen atoms in total. The minimum absolute atomic E-state index is 0.130. The summed E-state index contributed by atoms with van der Waals surface area (Å²) in [4.78, 5) is 19.3. The van der Waals surface area contributed by atoms with Crippen molar-refractivity contribution < 1.29 is 13.2 Å². The summed E-state index contributed by atoms with van der Waals surface area (Å²) in [5.41, 5.74) is 3.07. The Bertz CT molecular complexity index is 1130. The quantitative estimate of drug-likeness (QED) is 0.664. The molecule has 0 bridgehead atoms. The summed E-state index contributed by atoms with van der Waals surface area (Å²) < 4.78 is 25.3. The Morgan fingerprint density at radius 1 is 1.11 bits per heavy atom. The number of hydrogen-bond acceptors (Lipinski definition) is 4. The fourth-order valence-corrected chi connectivity index (χ4v) is 4.39. The van der Waals surface area contributed by atoms with Crippen LogP contribution in [0, 0.1) is 6.92 Å². The van der Waals surface area contributed by atoms with Crippen LogP contribution in [0.25, 0.3) is 11.0 Å². The van der Waals surface area contributed by atoms with Crippen molar-refractivity contribution in [1.82, 2.24) is 14.5 Å². The second-order valence-electron chi connectivity index (χ2n) is 7.39. The fourth-order valence-electron chi connectivity index (χ4n) is 3.76. The van der Waals surface area contributed by atoms with Gasteiger partial charge in [-0.3, -0.25) is 4.79 Å². The van der Waals surface area contributed by atoms with Gasteiger partial charge in [-0.15, -0.1) is 0 Å². The molecular weight excluding hydrogens is 374 g/mol. The molecule has 1 aromatic heterocycles. The van der Waals surface area contributed by atoms with Crippen molar-refractivity contribution in [3.05, 3.63) is 59.9 Å². The maximum Gasteiger partial charge on any atom is 0.223 e. The Hall–Kier alpha value is -2.67. The number of para-hydroxylation sites is 2. The van der Waals surface area contributed by atoms with E-state index in [9.17, 15) is 13.2 Å². The van der Waals surface area contributed by atoms with Crippen LogP contribution in [-0.4, -0.2) is 48.1 Å². The van der Waals surface area contributed by atoms with E-state index in [1.807, 2.05) is 30.0 Å². The van der Waals surface area contributed by atoms with Crippen molar-refractivity contribution in [1.29, 1.82) is 0 Å². The number of carbonyl (C=O) groups excluding carboxylic acids is 1. The van der Waals surface area contributed by atoms with Crippen LogP contribution in [0.15, 0.2) is 53.4 Å². The van der Waals surface area contributed by atoms with Crippen LogP contribution in [0.4, 0.5) is 0 Å². The minimum Gasteiger partial charge on any atom is -0.338 e. The summed E-state index contributed by atoms with van der Waals surface area (Å²) in [7, 11) is -3.19. The van der Waals surface area contributed by atoms with Gasteiger partial charge in [0.15, 0.2) is 9.84 Å². The lowest BCUT2D eigenvalue weighted by Crippen LogP contribution is -2.51. The van der Waals surface area contributed by atoms with Crippen LogP contribution in [0.3, 0.4) is 0 Å². The number of carbonyl (C=O) groups is 1.